The third-order valence-corrected chi connectivity index (χ3v) is 7.41. The number of aryl methyl sites for hydroxylation is 3. The smallest absolute Gasteiger partial charge is 0.252 e. The predicted octanol–water partition coefficient (Wildman–Crippen LogP) is 4.25. The molecule has 1 unspecified atom stereocenters. The van der Waals surface area contributed by atoms with Gasteiger partial charge in [-0.2, -0.15) is 9.78 Å². The maximum Gasteiger partial charge on any atom is 0.252 e. The second-order valence-corrected chi connectivity index (χ2v) is 10.2. The minimum atomic E-state index is -0.527. The van der Waals surface area contributed by atoms with Gasteiger partial charge < -0.3 is 10.2 Å². The van der Waals surface area contributed by atoms with Crippen LogP contribution in [0.2, 0.25) is 0 Å². The number of hydrogen-bond acceptors (Lipinski definition) is 6. The van der Waals surface area contributed by atoms with Crippen LogP contribution in [0.15, 0.2) is 52.6 Å². The van der Waals surface area contributed by atoms with Crippen LogP contribution in [0.4, 0.5) is 11.5 Å². The van der Waals surface area contributed by atoms with Crippen molar-refractivity contribution in [2.24, 2.45) is 5.92 Å². The lowest BCUT2D eigenvalue weighted by Crippen LogP contribution is -2.29. The number of hydrogen-bond donors (Lipinski definition) is 2. The molecule has 0 radical (unpaired) electrons. The second kappa shape index (κ2) is 10.1. The number of amides is 2. The summed E-state index contributed by atoms with van der Waals surface area (Å²) >= 11 is 1.52. The lowest BCUT2D eigenvalue weighted by Gasteiger charge is -2.18. The Labute approximate surface area is 218 Å². The number of aromatic nitrogens is 4. The zero-order valence-corrected chi connectivity index (χ0v) is 21.8. The average Bonchev–Trinajstić information content (AvgIpc) is 3.61. The summed E-state index contributed by atoms with van der Waals surface area (Å²) in [5.41, 5.74) is 4.04. The minimum Gasteiger partial charge on any atom is -0.312 e. The van der Waals surface area contributed by atoms with Gasteiger partial charge in [0, 0.05) is 36.5 Å². The molecule has 2 amide bonds. The topological polar surface area (TPSA) is 113 Å². The molecule has 0 spiro atoms. The van der Waals surface area contributed by atoms with Crippen LogP contribution in [0.5, 0.6) is 0 Å². The van der Waals surface area contributed by atoms with Crippen LogP contribution in [0.3, 0.4) is 0 Å². The third kappa shape index (κ3) is 5.10. The molecule has 1 aromatic carbocycles. The highest BCUT2D eigenvalue weighted by atomic mass is 32.1. The summed E-state index contributed by atoms with van der Waals surface area (Å²) in [5.74, 6) is -0.295. The van der Waals surface area contributed by atoms with Gasteiger partial charge in [-0.25, -0.2) is 4.98 Å². The van der Waals surface area contributed by atoms with E-state index in [0.717, 1.165) is 28.1 Å². The van der Waals surface area contributed by atoms with Gasteiger partial charge in [-0.15, -0.1) is 11.3 Å². The van der Waals surface area contributed by atoms with E-state index in [1.54, 1.807) is 11.0 Å². The van der Waals surface area contributed by atoms with Gasteiger partial charge in [-0.05, 0) is 55.0 Å². The molecule has 1 aliphatic rings. The van der Waals surface area contributed by atoms with Crippen LogP contribution < -0.4 is 15.8 Å². The van der Waals surface area contributed by atoms with Gasteiger partial charge in [0.25, 0.3) is 5.56 Å². The Morgan fingerprint density at radius 3 is 2.73 bits per heavy atom. The summed E-state index contributed by atoms with van der Waals surface area (Å²) in [5, 5.41) is 9.53. The van der Waals surface area contributed by atoms with Crippen molar-refractivity contribution < 1.29 is 9.59 Å². The van der Waals surface area contributed by atoms with Crippen molar-refractivity contribution in [2.75, 3.05) is 16.8 Å². The molecule has 1 fully saturated rings. The highest BCUT2D eigenvalue weighted by Gasteiger charge is 2.36. The Kier molecular flexibility index (Phi) is 6.75. The van der Waals surface area contributed by atoms with E-state index in [1.807, 2.05) is 56.5 Å². The number of aromatic amines is 1. The molecule has 190 valence electrons. The lowest BCUT2D eigenvalue weighted by atomic mass is 10.1. The third-order valence-electron chi connectivity index (χ3n) is 6.52. The van der Waals surface area contributed by atoms with Crippen molar-refractivity contribution in [2.45, 2.75) is 40.0 Å². The van der Waals surface area contributed by atoms with Crippen molar-refractivity contribution in [3.8, 4) is 16.5 Å². The van der Waals surface area contributed by atoms with E-state index in [-0.39, 0.29) is 29.7 Å². The Morgan fingerprint density at radius 2 is 2.00 bits per heavy atom. The molecule has 37 heavy (non-hydrogen) atoms. The first-order valence-electron chi connectivity index (χ1n) is 12.3. The first kappa shape index (κ1) is 24.6. The molecule has 9 nitrogen and oxygen atoms in total. The summed E-state index contributed by atoms with van der Waals surface area (Å²) in [4.78, 5) is 48.4. The molecule has 3 aromatic heterocycles. The molecule has 2 N–H and O–H groups in total. The van der Waals surface area contributed by atoms with Gasteiger partial charge in [0.15, 0.2) is 0 Å². The van der Waals surface area contributed by atoms with Crippen LogP contribution in [0, 0.1) is 19.8 Å². The molecule has 1 saturated heterocycles. The lowest BCUT2D eigenvalue weighted by molar-refractivity contribution is -0.122. The number of thiophene rings is 1. The maximum atomic E-state index is 13.4. The molecule has 5 rings (SSSR count). The van der Waals surface area contributed by atoms with Crippen molar-refractivity contribution in [1.29, 1.82) is 0 Å². The normalized spacial score (nSPS) is 15.4. The first-order valence-corrected chi connectivity index (χ1v) is 13.1. The number of nitrogens with one attached hydrogen (secondary N) is 2. The Morgan fingerprint density at radius 1 is 1.16 bits per heavy atom. The number of carbonyl (C=O) groups is 2. The average molecular weight is 517 g/mol. The summed E-state index contributed by atoms with van der Waals surface area (Å²) in [6.45, 7) is 6.33. The van der Waals surface area contributed by atoms with Crippen molar-refractivity contribution >= 4 is 34.7 Å². The number of carbonyl (C=O) groups excluding carboxylic acids is 2. The quantitative estimate of drug-likeness (QED) is 0.381. The highest BCUT2D eigenvalue weighted by Crippen LogP contribution is 2.30. The predicted molar refractivity (Wildman–Crippen MR) is 144 cm³/mol. The molecular formula is C27H28N6O3S. The zero-order valence-electron chi connectivity index (χ0n) is 20.9. The summed E-state index contributed by atoms with van der Waals surface area (Å²) in [7, 11) is 0. The molecule has 0 saturated carbocycles. The highest BCUT2D eigenvalue weighted by molar-refractivity contribution is 7.13. The molecule has 0 bridgehead atoms. The van der Waals surface area contributed by atoms with E-state index in [1.165, 1.54) is 22.1 Å². The molecule has 0 aliphatic carbocycles. The Bertz CT molecular complexity index is 1520. The van der Waals surface area contributed by atoms with Crippen LogP contribution >= 0.6 is 11.3 Å². The fraction of sp³-hybridized carbons (Fsp3) is 0.296. The minimum absolute atomic E-state index is 0.0885. The van der Waals surface area contributed by atoms with E-state index in [9.17, 15) is 14.4 Å². The molecule has 1 aliphatic heterocycles. The van der Waals surface area contributed by atoms with Crippen molar-refractivity contribution in [1.82, 2.24) is 19.7 Å². The molecule has 4 heterocycles. The van der Waals surface area contributed by atoms with Crippen molar-refractivity contribution in [3.05, 3.63) is 75.0 Å². The number of H-pyrrole nitrogens is 1. The Hall–Kier alpha value is -4.05. The van der Waals surface area contributed by atoms with E-state index in [0.29, 0.717) is 30.2 Å². The number of benzene rings is 1. The molecular weight excluding hydrogens is 488 g/mol. The van der Waals surface area contributed by atoms with Gasteiger partial charge in [0.05, 0.1) is 10.8 Å². The van der Waals surface area contributed by atoms with E-state index >= 15 is 0 Å². The number of nitrogens with zero attached hydrogens (tertiary/aromatic N) is 4. The van der Waals surface area contributed by atoms with Crippen LogP contribution in [-0.2, 0) is 16.0 Å². The van der Waals surface area contributed by atoms with Gasteiger partial charge >= 0.3 is 0 Å². The van der Waals surface area contributed by atoms with E-state index in [4.69, 9.17) is 0 Å². The number of rotatable bonds is 7. The SMILES string of the molecule is CCCc1cc(=O)[nH]c(-n2nc(-c3cccs3)cc2NC(=O)C2CC(=O)N(c3ccc(C)c(C)c3)C2)n1. The Balaban J connectivity index is 1.44. The van der Waals surface area contributed by atoms with Gasteiger partial charge in [-0.1, -0.05) is 25.5 Å². The zero-order chi connectivity index (χ0) is 26.1. The second-order valence-electron chi connectivity index (χ2n) is 9.28. The standard InChI is InChI=1S/C27H28N6O3S/c1-4-6-19-13-24(34)30-27(28-19)33-23(14-21(31-33)22-7-5-10-37-22)29-26(36)18-12-25(35)32(15-18)20-9-8-16(2)17(3)11-20/h5,7-11,13-14,18H,4,6,12,15H2,1-3H3,(H,29,36)(H,28,30,34). The van der Waals surface area contributed by atoms with E-state index in [2.05, 4.69) is 20.4 Å². The van der Waals surface area contributed by atoms with Crippen LogP contribution in [0.1, 0.15) is 36.6 Å². The van der Waals surface area contributed by atoms with Crippen LogP contribution in [0.25, 0.3) is 16.5 Å². The van der Waals surface area contributed by atoms with Crippen molar-refractivity contribution in [3.63, 3.8) is 0 Å². The molecule has 4 aromatic rings. The van der Waals surface area contributed by atoms with Gasteiger partial charge in [0.2, 0.25) is 17.8 Å². The summed E-state index contributed by atoms with van der Waals surface area (Å²) in [6.07, 6.45) is 1.60. The number of anilines is 2. The largest absolute Gasteiger partial charge is 0.312 e. The molecule has 10 heteroatoms. The first-order chi connectivity index (χ1) is 17.8. The monoisotopic (exact) mass is 516 g/mol. The fourth-order valence-corrected chi connectivity index (χ4v) is 5.09. The van der Waals surface area contributed by atoms with Gasteiger partial charge in [0.1, 0.15) is 11.5 Å². The van der Waals surface area contributed by atoms with Gasteiger partial charge in [-0.3, -0.25) is 19.4 Å². The van der Waals surface area contributed by atoms with Crippen LogP contribution in [-0.4, -0.2) is 38.1 Å². The molecule has 1 atom stereocenters. The maximum absolute atomic E-state index is 13.4. The summed E-state index contributed by atoms with van der Waals surface area (Å²) in [6, 6.07) is 13.0. The summed E-state index contributed by atoms with van der Waals surface area (Å²) < 4.78 is 1.45. The fourth-order valence-electron chi connectivity index (χ4n) is 4.41. The van der Waals surface area contributed by atoms with E-state index < -0.39 is 5.92 Å².